The third kappa shape index (κ3) is 5.32. The molecule has 0 fully saturated rings. The molecule has 1 amide bonds. The van der Waals surface area contributed by atoms with Gasteiger partial charge in [-0.2, -0.15) is 10.1 Å². The fourth-order valence-corrected chi connectivity index (χ4v) is 5.43. The number of carbonyl (C=O) groups is 1. The first-order chi connectivity index (χ1) is 18.1. The van der Waals surface area contributed by atoms with Crippen LogP contribution >= 0.6 is 11.8 Å². The van der Waals surface area contributed by atoms with Gasteiger partial charge in [0.2, 0.25) is 0 Å². The van der Waals surface area contributed by atoms with Gasteiger partial charge >= 0.3 is 5.24 Å². The Bertz CT molecular complexity index is 1340. The Balaban J connectivity index is 1.50. The van der Waals surface area contributed by atoms with Crippen molar-refractivity contribution in [2.45, 2.75) is 26.3 Å². The molecule has 5 rings (SSSR count). The molecule has 188 valence electrons. The van der Waals surface area contributed by atoms with Crippen molar-refractivity contribution in [3.8, 4) is 5.75 Å². The van der Waals surface area contributed by atoms with Gasteiger partial charge in [0.1, 0.15) is 5.75 Å². The van der Waals surface area contributed by atoms with Crippen molar-refractivity contribution >= 4 is 40.3 Å². The first kappa shape index (κ1) is 24.8. The number of thioether (sulfide) groups is 1. The van der Waals surface area contributed by atoms with Crippen molar-refractivity contribution in [1.82, 2.24) is 5.01 Å². The van der Waals surface area contributed by atoms with Crippen LogP contribution in [0, 0.1) is 0 Å². The van der Waals surface area contributed by atoms with Gasteiger partial charge in [-0.15, -0.1) is 0 Å². The van der Waals surface area contributed by atoms with Crippen LogP contribution in [0.5, 0.6) is 5.75 Å². The lowest BCUT2D eigenvalue weighted by atomic mass is 9.98. The van der Waals surface area contributed by atoms with Gasteiger partial charge in [0.05, 0.1) is 23.8 Å². The van der Waals surface area contributed by atoms with Crippen LogP contribution in [0.4, 0.5) is 10.5 Å². The minimum Gasteiger partial charge on any atom is -0.497 e. The Morgan fingerprint density at radius 3 is 2.35 bits per heavy atom. The third-order valence-corrected chi connectivity index (χ3v) is 7.46. The normalized spacial score (nSPS) is 18.2. The zero-order valence-electron chi connectivity index (χ0n) is 21.3. The number of nitrogens with zero attached hydrogens (tertiary/aromatic N) is 4. The summed E-state index contributed by atoms with van der Waals surface area (Å²) in [6.07, 6.45) is 2.74. The number of benzene rings is 3. The molecule has 0 saturated heterocycles. The number of ether oxygens (including phenoxy) is 1. The van der Waals surface area contributed by atoms with E-state index in [1.54, 1.807) is 7.11 Å². The summed E-state index contributed by atoms with van der Waals surface area (Å²) < 4.78 is 5.36. The number of aliphatic imine (C=N–C) groups is 1. The number of hydrogen-bond acceptors (Lipinski definition) is 6. The number of methoxy groups -OCH3 is 1. The van der Waals surface area contributed by atoms with E-state index >= 15 is 0 Å². The van der Waals surface area contributed by atoms with Crippen molar-refractivity contribution in [3.63, 3.8) is 0 Å². The van der Waals surface area contributed by atoms with Crippen molar-refractivity contribution in [1.29, 1.82) is 0 Å². The molecule has 1 unspecified atom stereocenters. The molecule has 0 radical (unpaired) electrons. The molecule has 37 heavy (non-hydrogen) atoms. The molecule has 2 heterocycles. The lowest BCUT2D eigenvalue weighted by molar-refractivity contribution is 0.267. The summed E-state index contributed by atoms with van der Waals surface area (Å²) in [7, 11) is 1.66. The monoisotopic (exact) mass is 510 g/mol. The Kier molecular flexibility index (Phi) is 7.42. The molecule has 0 aromatic heterocycles. The van der Waals surface area contributed by atoms with E-state index < -0.39 is 0 Å². The number of hydrazone groups is 1. The van der Waals surface area contributed by atoms with Crippen LogP contribution in [0.1, 0.15) is 43.0 Å². The average molecular weight is 511 g/mol. The predicted octanol–water partition coefficient (Wildman–Crippen LogP) is 7.00. The topological polar surface area (TPSA) is 57.5 Å². The summed E-state index contributed by atoms with van der Waals surface area (Å²) >= 11 is 1.15. The van der Waals surface area contributed by atoms with E-state index in [0.29, 0.717) is 12.3 Å². The Morgan fingerprint density at radius 2 is 1.70 bits per heavy atom. The van der Waals surface area contributed by atoms with E-state index in [9.17, 15) is 4.79 Å². The van der Waals surface area contributed by atoms with E-state index in [1.165, 1.54) is 5.69 Å². The summed E-state index contributed by atoms with van der Waals surface area (Å²) in [6.45, 7) is 6.23. The molecular weight excluding hydrogens is 480 g/mol. The number of carbonyl (C=O) groups excluding carboxylic acids is 1. The zero-order chi connectivity index (χ0) is 25.8. The molecule has 3 aromatic carbocycles. The summed E-state index contributed by atoms with van der Waals surface area (Å²) in [5.41, 5.74) is 5.33. The minimum absolute atomic E-state index is 0.0835. The van der Waals surface area contributed by atoms with E-state index in [4.69, 9.17) is 9.84 Å². The summed E-state index contributed by atoms with van der Waals surface area (Å²) in [6, 6.07) is 26.5. The Labute approximate surface area is 222 Å². The predicted molar refractivity (Wildman–Crippen MR) is 154 cm³/mol. The van der Waals surface area contributed by atoms with Gasteiger partial charge in [-0.25, -0.2) is 5.01 Å². The molecule has 0 aliphatic carbocycles. The van der Waals surface area contributed by atoms with Crippen molar-refractivity contribution in [2.24, 2.45) is 10.1 Å². The van der Waals surface area contributed by atoms with Gasteiger partial charge in [0.15, 0.2) is 5.84 Å². The van der Waals surface area contributed by atoms with Gasteiger partial charge in [-0.1, -0.05) is 54.6 Å². The van der Waals surface area contributed by atoms with Crippen LogP contribution in [0.3, 0.4) is 0 Å². The molecule has 1 atom stereocenters. The van der Waals surface area contributed by atoms with Gasteiger partial charge in [0, 0.05) is 25.2 Å². The van der Waals surface area contributed by atoms with Crippen molar-refractivity contribution in [2.75, 3.05) is 25.1 Å². The molecule has 0 N–H and O–H groups in total. The maximum absolute atomic E-state index is 12.5. The highest BCUT2D eigenvalue weighted by molar-refractivity contribution is 8.18. The SMILES string of the molecule is CCN(CC)c1ccc(/C=C2\SC(=O)N=C2N2N=C(c3ccccc3)CC2c2ccc(OC)cc2)cc1. The largest absolute Gasteiger partial charge is 0.497 e. The van der Waals surface area contributed by atoms with Gasteiger partial charge in [-0.05, 0) is 72.6 Å². The van der Waals surface area contributed by atoms with E-state index in [0.717, 1.165) is 57.9 Å². The molecule has 3 aromatic rings. The van der Waals surface area contributed by atoms with Crippen LogP contribution in [-0.4, -0.2) is 42.0 Å². The second kappa shape index (κ2) is 11.0. The number of hydrogen-bond donors (Lipinski definition) is 0. The molecule has 0 saturated carbocycles. The fraction of sp³-hybridized carbons (Fsp3) is 0.233. The fourth-order valence-electron chi connectivity index (χ4n) is 4.68. The van der Waals surface area contributed by atoms with E-state index in [2.05, 4.69) is 72.3 Å². The smallest absolute Gasteiger partial charge is 0.311 e. The average Bonchev–Trinajstić information content (AvgIpc) is 3.54. The highest BCUT2D eigenvalue weighted by atomic mass is 32.2. The second-order valence-corrected chi connectivity index (χ2v) is 9.82. The Morgan fingerprint density at radius 1 is 1.00 bits per heavy atom. The lowest BCUT2D eigenvalue weighted by Crippen LogP contribution is -2.26. The van der Waals surface area contributed by atoms with Crippen LogP contribution in [0.25, 0.3) is 6.08 Å². The quantitative estimate of drug-likeness (QED) is 0.343. The molecule has 2 aliphatic heterocycles. The molecule has 0 spiro atoms. The van der Waals surface area contributed by atoms with Crippen LogP contribution in [0.15, 0.2) is 93.9 Å². The molecular formula is C30H30N4O2S. The molecule has 6 nitrogen and oxygen atoms in total. The first-order valence-electron chi connectivity index (χ1n) is 12.5. The molecule has 7 heteroatoms. The summed E-state index contributed by atoms with van der Waals surface area (Å²) in [5, 5.41) is 6.69. The van der Waals surface area contributed by atoms with E-state index in [1.807, 2.05) is 41.4 Å². The maximum Gasteiger partial charge on any atom is 0.311 e. The second-order valence-electron chi connectivity index (χ2n) is 8.83. The zero-order valence-corrected chi connectivity index (χ0v) is 22.1. The summed E-state index contributed by atoms with van der Waals surface area (Å²) in [5.74, 6) is 1.39. The standard InChI is InChI=1S/C30H30N4O2S/c1-4-33(5-2)24-15-11-21(12-16-24)19-28-29(31-30(35)37-28)34-27(23-13-17-25(36-3)18-14-23)20-26(32-34)22-9-7-6-8-10-22/h6-19,27H,4-5,20H2,1-3H3/b28-19-. The van der Waals surface area contributed by atoms with Crippen molar-refractivity contribution in [3.05, 3.63) is 100 Å². The number of amidine groups is 1. The molecule has 2 aliphatic rings. The highest BCUT2D eigenvalue weighted by Gasteiger charge is 2.36. The number of amides is 1. The number of anilines is 1. The van der Waals surface area contributed by atoms with Gasteiger partial charge in [-0.3, -0.25) is 4.79 Å². The summed E-state index contributed by atoms with van der Waals surface area (Å²) in [4.78, 5) is 20.1. The Hall–Kier alpha value is -3.84. The number of rotatable bonds is 7. The first-order valence-corrected chi connectivity index (χ1v) is 13.3. The van der Waals surface area contributed by atoms with Gasteiger partial charge in [0.25, 0.3) is 0 Å². The highest BCUT2D eigenvalue weighted by Crippen LogP contribution is 2.40. The van der Waals surface area contributed by atoms with Gasteiger partial charge < -0.3 is 9.64 Å². The lowest BCUT2D eigenvalue weighted by Gasteiger charge is -2.24. The van der Waals surface area contributed by atoms with Crippen molar-refractivity contribution < 1.29 is 9.53 Å². The molecule has 0 bridgehead atoms. The van der Waals surface area contributed by atoms with Crippen LogP contribution in [0.2, 0.25) is 0 Å². The maximum atomic E-state index is 12.5. The van der Waals surface area contributed by atoms with Crippen LogP contribution in [-0.2, 0) is 0 Å². The van der Waals surface area contributed by atoms with E-state index in [-0.39, 0.29) is 11.3 Å². The minimum atomic E-state index is -0.224. The third-order valence-electron chi connectivity index (χ3n) is 6.67. The van der Waals surface area contributed by atoms with Crippen LogP contribution < -0.4 is 9.64 Å².